The second-order valence-corrected chi connectivity index (χ2v) is 4.49. The van der Waals surface area contributed by atoms with Crippen LogP contribution in [0.2, 0.25) is 0 Å². The summed E-state index contributed by atoms with van der Waals surface area (Å²) in [5.41, 5.74) is 8.93. The normalized spacial score (nSPS) is 12.5. The van der Waals surface area contributed by atoms with Crippen molar-refractivity contribution in [3.05, 3.63) is 23.8 Å². The summed E-state index contributed by atoms with van der Waals surface area (Å²) >= 11 is 1.85. The Morgan fingerprint density at radius 2 is 2.21 bits per heavy atom. The Labute approximate surface area is 90.3 Å². The molecule has 0 aliphatic heterocycles. The Bertz CT molecular complexity index is 299. The van der Waals surface area contributed by atoms with Gasteiger partial charge in [-0.15, -0.1) is 0 Å². The van der Waals surface area contributed by atoms with Gasteiger partial charge in [-0.05, 0) is 37.8 Å². The Morgan fingerprint density at radius 1 is 1.50 bits per heavy atom. The molecule has 0 saturated heterocycles. The van der Waals surface area contributed by atoms with Crippen LogP contribution < -0.4 is 11.1 Å². The molecule has 2 nitrogen and oxygen atoms in total. The van der Waals surface area contributed by atoms with Crippen LogP contribution in [0, 0.1) is 6.92 Å². The van der Waals surface area contributed by atoms with Gasteiger partial charge in [0, 0.05) is 23.2 Å². The number of nitrogens with two attached hydrogens (primary N) is 1. The van der Waals surface area contributed by atoms with Crippen molar-refractivity contribution < 1.29 is 0 Å². The summed E-state index contributed by atoms with van der Waals surface area (Å²) in [6.45, 7) is 4.27. The lowest BCUT2D eigenvalue weighted by atomic mass is 10.1. The lowest BCUT2D eigenvalue weighted by Gasteiger charge is -2.16. The number of thioether (sulfide) groups is 1. The van der Waals surface area contributed by atoms with Gasteiger partial charge in [0.25, 0.3) is 0 Å². The minimum atomic E-state index is 0.477. The maximum atomic E-state index is 5.73. The largest absolute Gasteiger partial charge is 0.399 e. The third-order valence-corrected chi connectivity index (χ3v) is 2.91. The van der Waals surface area contributed by atoms with E-state index in [9.17, 15) is 0 Å². The van der Waals surface area contributed by atoms with E-state index in [0.29, 0.717) is 6.04 Å². The zero-order chi connectivity index (χ0) is 10.6. The van der Waals surface area contributed by atoms with E-state index in [0.717, 1.165) is 17.1 Å². The first-order chi connectivity index (χ1) is 6.63. The van der Waals surface area contributed by atoms with Gasteiger partial charge >= 0.3 is 0 Å². The number of aryl methyl sites for hydroxylation is 1. The van der Waals surface area contributed by atoms with Crippen LogP contribution in [0.5, 0.6) is 0 Å². The van der Waals surface area contributed by atoms with Crippen LogP contribution in [0.3, 0.4) is 0 Å². The monoisotopic (exact) mass is 210 g/mol. The highest BCUT2D eigenvalue weighted by Gasteiger charge is 2.03. The number of nitrogen functional groups attached to an aromatic ring is 1. The molecule has 3 N–H and O–H groups in total. The van der Waals surface area contributed by atoms with E-state index in [-0.39, 0.29) is 0 Å². The summed E-state index contributed by atoms with van der Waals surface area (Å²) in [5, 5.41) is 3.45. The molecule has 0 aromatic heterocycles. The molecule has 0 aliphatic rings. The van der Waals surface area contributed by atoms with Gasteiger partial charge in [0.2, 0.25) is 0 Å². The van der Waals surface area contributed by atoms with Crippen molar-refractivity contribution in [1.29, 1.82) is 0 Å². The Morgan fingerprint density at radius 3 is 2.86 bits per heavy atom. The second-order valence-electron chi connectivity index (χ2n) is 3.58. The van der Waals surface area contributed by atoms with Crippen LogP contribution in [0.1, 0.15) is 12.5 Å². The van der Waals surface area contributed by atoms with Gasteiger partial charge < -0.3 is 11.1 Å². The SMILES string of the molecule is CSCC(C)Nc1cc(N)ccc1C. The average Bonchev–Trinajstić information content (AvgIpc) is 2.12. The summed E-state index contributed by atoms with van der Waals surface area (Å²) in [5.74, 6) is 1.11. The fourth-order valence-corrected chi connectivity index (χ4v) is 1.94. The van der Waals surface area contributed by atoms with Crippen molar-refractivity contribution in [1.82, 2.24) is 0 Å². The molecular formula is C11H18N2S. The topological polar surface area (TPSA) is 38.0 Å². The molecular weight excluding hydrogens is 192 g/mol. The van der Waals surface area contributed by atoms with Crippen LogP contribution >= 0.6 is 11.8 Å². The van der Waals surface area contributed by atoms with Crippen LogP contribution in [-0.2, 0) is 0 Å². The van der Waals surface area contributed by atoms with Crippen molar-refractivity contribution in [3.63, 3.8) is 0 Å². The number of hydrogen-bond acceptors (Lipinski definition) is 3. The fraction of sp³-hybridized carbons (Fsp3) is 0.455. The van der Waals surface area contributed by atoms with Crippen molar-refractivity contribution >= 4 is 23.1 Å². The van der Waals surface area contributed by atoms with Crippen molar-refractivity contribution in [2.45, 2.75) is 19.9 Å². The first kappa shape index (κ1) is 11.2. The molecule has 1 unspecified atom stereocenters. The minimum Gasteiger partial charge on any atom is -0.399 e. The molecule has 0 radical (unpaired) electrons. The summed E-state index contributed by atoms with van der Waals surface area (Å²) in [6.07, 6.45) is 2.12. The van der Waals surface area contributed by atoms with Crippen LogP contribution in [0.25, 0.3) is 0 Å². The first-order valence-corrected chi connectivity index (χ1v) is 6.14. The molecule has 0 saturated carbocycles. The molecule has 14 heavy (non-hydrogen) atoms. The second kappa shape index (κ2) is 5.15. The van der Waals surface area contributed by atoms with Gasteiger partial charge in [-0.2, -0.15) is 11.8 Å². The van der Waals surface area contributed by atoms with E-state index in [1.54, 1.807) is 0 Å². The molecule has 1 aromatic carbocycles. The number of anilines is 2. The number of nitrogens with one attached hydrogen (secondary N) is 1. The summed E-state index contributed by atoms with van der Waals surface area (Å²) in [7, 11) is 0. The first-order valence-electron chi connectivity index (χ1n) is 4.75. The van der Waals surface area contributed by atoms with Gasteiger partial charge in [0.15, 0.2) is 0 Å². The third kappa shape index (κ3) is 3.14. The van der Waals surface area contributed by atoms with Crippen molar-refractivity contribution in [3.8, 4) is 0 Å². The predicted octanol–water partition coefficient (Wildman–Crippen LogP) is 2.74. The molecule has 0 heterocycles. The minimum absolute atomic E-state index is 0.477. The Balaban J connectivity index is 2.70. The van der Waals surface area contributed by atoms with E-state index < -0.39 is 0 Å². The molecule has 0 aliphatic carbocycles. The lowest BCUT2D eigenvalue weighted by molar-refractivity contribution is 0.912. The van der Waals surface area contributed by atoms with E-state index >= 15 is 0 Å². The smallest absolute Gasteiger partial charge is 0.0392 e. The van der Waals surface area contributed by atoms with Crippen LogP contribution in [0.4, 0.5) is 11.4 Å². The quantitative estimate of drug-likeness (QED) is 0.750. The molecule has 1 atom stereocenters. The van der Waals surface area contributed by atoms with E-state index in [2.05, 4.69) is 25.4 Å². The number of benzene rings is 1. The summed E-state index contributed by atoms with van der Waals surface area (Å²) < 4.78 is 0. The van der Waals surface area contributed by atoms with Gasteiger partial charge in [-0.25, -0.2) is 0 Å². The zero-order valence-electron chi connectivity index (χ0n) is 9.00. The van der Waals surface area contributed by atoms with Crippen LogP contribution in [-0.4, -0.2) is 18.1 Å². The Kier molecular flexibility index (Phi) is 4.14. The molecule has 78 valence electrons. The summed E-state index contributed by atoms with van der Waals surface area (Å²) in [4.78, 5) is 0. The van der Waals surface area contributed by atoms with E-state index in [1.165, 1.54) is 5.56 Å². The third-order valence-electron chi connectivity index (χ3n) is 2.08. The number of rotatable bonds is 4. The van der Waals surface area contributed by atoms with Crippen molar-refractivity contribution in [2.24, 2.45) is 0 Å². The predicted molar refractivity (Wildman–Crippen MR) is 67.1 cm³/mol. The Hall–Kier alpha value is -0.830. The lowest BCUT2D eigenvalue weighted by Crippen LogP contribution is -2.18. The maximum absolute atomic E-state index is 5.73. The van der Waals surface area contributed by atoms with Gasteiger partial charge in [0.1, 0.15) is 0 Å². The van der Waals surface area contributed by atoms with Crippen LogP contribution in [0.15, 0.2) is 18.2 Å². The molecule has 1 aromatic rings. The standard InChI is InChI=1S/C11H18N2S/c1-8-4-5-10(12)6-11(8)13-9(2)7-14-3/h4-6,9,13H,7,12H2,1-3H3. The van der Waals surface area contributed by atoms with Gasteiger partial charge in [-0.1, -0.05) is 6.07 Å². The van der Waals surface area contributed by atoms with E-state index in [4.69, 9.17) is 5.73 Å². The molecule has 0 spiro atoms. The molecule has 1 rings (SSSR count). The highest BCUT2D eigenvalue weighted by atomic mass is 32.2. The molecule has 3 heteroatoms. The zero-order valence-corrected chi connectivity index (χ0v) is 9.82. The fourth-order valence-electron chi connectivity index (χ4n) is 1.35. The highest BCUT2D eigenvalue weighted by Crippen LogP contribution is 2.19. The summed E-state index contributed by atoms with van der Waals surface area (Å²) in [6, 6.07) is 6.44. The van der Waals surface area contributed by atoms with Gasteiger partial charge in [-0.3, -0.25) is 0 Å². The van der Waals surface area contributed by atoms with Crippen molar-refractivity contribution in [2.75, 3.05) is 23.1 Å². The van der Waals surface area contributed by atoms with E-state index in [1.807, 2.05) is 30.0 Å². The molecule has 0 bridgehead atoms. The van der Waals surface area contributed by atoms with Gasteiger partial charge in [0.05, 0.1) is 0 Å². The highest BCUT2D eigenvalue weighted by molar-refractivity contribution is 7.98. The molecule has 0 amide bonds. The number of hydrogen-bond donors (Lipinski definition) is 2. The maximum Gasteiger partial charge on any atom is 0.0392 e. The molecule has 0 fully saturated rings. The average molecular weight is 210 g/mol.